The van der Waals surface area contributed by atoms with Gasteiger partial charge in [-0.05, 0) is 34.7 Å². The molecule has 1 aromatic carbocycles. The SMILES string of the molecule is O=S(=O)([O-])c1ccccc1I.[Li+]. The molecule has 0 bridgehead atoms. The van der Waals surface area contributed by atoms with Gasteiger partial charge in [0.25, 0.3) is 0 Å². The molecule has 60 valence electrons. The van der Waals surface area contributed by atoms with Gasteiger partial charge in [-0.25, -0.2) is 8.42 Å². The molecule has 0 saturated carbocycles. The van der Waals surface area contributed by atoms with Crippen LogP contribution in [-0.2, 0) is 10.1 Å². The summed E-state index contributed by atoms with van der Waals surface area (Å²) in [4.78, 5) is -0.152. The van der Waals surface area contributed by atoms with Gasteiger partial charge in [-0.3, -0.25) is 0 Å². The molecule has 0 N–H and O–H groups in total. The third kappa shape index (κ3) is 3.07. The zero-order chi connectivity index (χ0) is 8.48. The summed E-state index contributed by atoms with van der Waals surface area (Å²) in [6, 6.07) is 6.07. The first-order valence-electron chi connectivity index (χ1n) is 2.72. The van der Waals surface area contributed by atoms with Crippen molar-refractivity contribution in [2.24, 2.45) is 0 Å². The molecule has 0 unspecified atom stereocenters. The number of benzene rings is 1. The molecule has 0 heterocycles. The van der Waals surface area contributed by atoms with E-state index >= 15 is 0 Å². The predicted octanol–water partition coefficient (Wildman–Crippen LogP) is -1.80. The molecule has 0 aromatic heterocycles. The summed E-state index contributed by atoms with van der Waals surface area (Å²) in [5.74, 6) is 0. The van der Waals surface area contributed by atoms with Gasteiger partial charge < -0.3 is 4.55 Å². The average molecular weight is 290 g/mol. The maximum absolute atomic E-state index is 10.5. The van der Waals surface area contributed by atoms with Crippen molar-refractivity contribution in [3.63, 3.8) is 0 Å². The molecule has 6 heteroatoms. The van der Waals surface area contributed by atoms with Crippen LogP contribution in [0.4, 0.5) is 0 Å². The number of halogens is 1. The van der Waals surface area contributed by atoms with Gasteiger partial charge >= 0.3 is 18.9 Å². The quantitative estimate of drug-likeness (QED) is 0.348. The van der Waals surface area contributed by atoms with E-state index in [0.717, 1.165) is 0 Å². The molecular formula is C6H4ILiO3S. The first-order valence-corrected chi connectivity index (χ1v) is 5.21. The van der Waals surface area contributed by atoms with Gasteiger partial charge in [-0.2, -0.15) is 0 Å². The molecule has 0 aliphatic heterocycles. The molecule has 0 spiro atoms. The fraction of sp³-hybridized carbons (Fsp3) is 0. The summed E-state index contributed by atoms with van der Waals surface area (Å²) >= 11 is 1.81. The molecule has 0 radical (unpaired) electrons. The number of hydrogen-bond acceptors (Lipinski definition) is 3. The largest absolute Gasteiger partial charge is 1.00 e. The molecule has 0 amide bonds. The van der Waals surface area contributed by atoms with E-state index in [2.05, 4.69) is 0 Å². The Labute approximate surface area is 96.6 Å². The van der Waals surface area contributed by atoms with Crippen molar-refractivity contribution in [1.82, 2.24) is 0 Å². The minimum absolute atomic E-state index is 0. The molecule has 1 aromatic rings. The number of hydrogen-bond donors (Lipinski definition) is 0. The van der Waals surface area contributed by atoms with Crippen molar-refractivity contribution in [3.8, 4) is 0 Å². The van der Waals surface area contributed by atoms with E-state index in [1.165, 1.54) is 12.1 Å². The third-order valence-corrected chi connectivity index (χ3v) is 3.31. The Morgan fingerprint density at radius 2 is 1.75 bits per heavy atom. The minimum atomic E-state index is -4.29. The van der Waals surface area contributed by atoms with E-state index in [0.29, 0.717) is 3.57 Å². The Morgan fingerprint density at radius 1 is 1.25 bits per heavy atom. The van der Waals surface area contributed by atoms with Gasteiger partial charge in [-0.1, -0.05) is 12.1 Å². The first kappa shape index (κ1) is 12.5. The van der Waals surface area contributed by atoms with E-state index in [9.17, 15) is 13.0 Å². The van der Waals surface area contributed by atoms with Gasteiger partial charge in [0.1, 0.15) is 10.1 Å². The Hall–Kier alpha value is 0.457. The average Bonchev–Trinajstić information content (AvgIpc) is 1.86. The molecule has 0 atom stereocenters. The van der Waals surface area contributed by atoms with Crippen LogP contribution in [0, 0.1) is 3.57 Å². The number of rotatable bonds is 1. The molecule has 0 saturated heterocycles. The Balaban J connectivity index is 0.00000121. The van der Waals surface area contributed by atoms with Crippen LogP contribution in [0.5, 0.6) is 0 Å². The standard InChI is InChI=1S/C6H5IO3S.Li/c7-5-3-1-2-4-6(5)11(8,9)10;/h1-4H,(H,8,9,10);/q;+1/p-1. The normalized spacial score (nSPS) is 10.5. The van der Waals surface area contributed by atoms with E-state index in [1.807, 2.05) is 0 Å². The van der Waals surface area contributed by atoms with Crippen molar-refractivity contribution in [2.75, 3.05) is 0 Å². The summed E-state index contributed by atoms with van der Waals surface area (Å²) in [6.45, 7) is 0. The third-order valence-electron chi connectivity index (χ3n) is 1.11. The summed E-state index contributed by atoms with van der Waals surface area (Å²) in [7, 11) is -4.29. The summed E-state index contributed by atoms with van der Waals surface area (Å²) in [6.07, 6.45) is 0. The maximum Gasteiger partial charge on any atom is 1.00 e. The molecule has 0 aliphatic carbocycles. The van der Waals surface area contributed by atoms with Gasteiger partial charge in [0, 0.05) is 3.57 Å². The van der Waals surface area contributed by atoms with Crippen molar-refractivity contribution in [2.45, 2.75) is 4.90 Å². The van der Waals surface area contributed by atoms with Crippen LogP contribution in [0.25, 0.3) is 0 Å². The summed E-state index contributed by atoms with van der Waals surface area (Å²) in [5.41, 5.74) is 0. The van der Waals surface area contributed by atoms with Gasteiger partial charge in [0.05, 0.1) is 4.90 Å². The van der Waals surface area contributed by atoms with E-state index in [1.54, 1.807) is 34.7 Å². The van der Waals surface area contributed by atoms with Gasteiger partial charge in [0.2, 0.25) is 0 Å². The second kappa shape index (κ2) is 4.63. The molecular weight excluding hydrogens is 286 g/mol. The van der Waals surface area contributed by atoms with Gasteiger partial charge in [-0.15, -0.1) is 0 Å². The second-order valence-corrected chi connectivity index (χ2v) is 4.39. The molecule has 0 fully saturated rings. The van der Waals surface area contributed by atoms with E-state index in [-0.39, 0.29) is 23.8 Å². The van der Waals surface area contributed by atoms with Crippen LogP contribution in [0.1, 0.15) is 0 Å². The summed E-state index contributed by atoms with van der Waals surface area (Å²) in [5, 5.41) is 0. The zero-order valence-corrected chi connectivity index (χ0v) is 9.29. The van der Waals surface area contributed by atoms with Crippen LogP contribution in [0.3, 0.4) is 0 Å². The second-order valence-electron chi connectivity index (χ2n) is 1.88. The van der Waals surface area contributed by atoms with E-state index in [4.69, 9.17) is 0 Å². The molecule has 0 aliphatic rings. The zero-order valence-electron chi connectivity index (χ0n) is 6.32. The van der Waals surface area contributed by atoms with Crippen molar-refractivity contribution in [1.29, 1.82) is 0 Å². The fourth-order valence-electron chi connectivity index (χ4n) is 0.647. The monoisotopic (exact) mass is 290 g/mol. The van der Waals surface area contributed by atoms with Crippen molar-refractivity contribution >= 4 is 32.7 Å². The predicted molar refractivity (Wildman–Crippen MR) is 47.1 cm³/mol. The first-order chi connectivity index (χ1) is 5.02. The van der Waals surface area contributed by atoms with Crippen LogP contribution < -0.4 is 18.9 Å². The van der Waals surface area contributed by atoms with Crippen LogP contribution in [0.2, 0.25) is 0 Å². The topological polar surface area (TPSA) is 57.2 Å². The molecule has 12 heavy (non-hydrogen) atoms. The van der Waals surface area contributed by atoms with Gasteiger partial charge in [0.15, 0.2) is 0 Å². The van der Waals surface area contributed by atoms with Crippen molar-refractivity contribution < 1.29 is 31.8 Å². The molecule has 1 rings (SSSR count). The van der Waals surface area contributed by atoms with Crippen LogP contribution in [-0.4, -0.2) is 13.0 Å². The molecule has 3 nitrogen and oxygen atoms in total. The Morgan fingerprint density at radius 3 is 2.08 bits per heavy atom. The van der Waals surface area contributed by atoms with Crippen molar-refractivity contribution in [3.05, 3.63) is 27.8 Å². The fourth-order valence-corrected chi connectivity index (χ4v) is 2.40. The minimum Gasteiger partial charge on any atom is -0.744 e. The maximum atomic E-state index is 10.5. The summed E-state index contributed by atoms with van der Waals surface area (Å²) < 4.78 is 31.9. The smallest absolute Gasteiger partial charge is 0.744 e. The Kier molecular flexibility index (Phi) is 4.80. The Bertz CT molecular complexity index is 363. The van der Waals surface area contributed by atoms with Crippen LogP contribution in [0.15, 0.2) is 29.2 Å². The van der Waals surface area contributed by atoms with E-state index < -0.39 is 10.1 Å². The van der Waals surface area contributed by atoms with Crippen LogP contribution >= 0.6 is 22.6 Å².